The molecular weight excluding hydrogens is 292 g/mol. The Bertz CT molecular complexity index is 300. The van der Waals surface area contributed by atoms with Crippen LogP contribution < -0.4 is 0 Å². The number of esters is 2. The van der Waals surface area contributed by atoms with Crippen molar-refractivity contribution in [3.8, 4) is 0 Å². The molecule has 0 saturated carbocycles. The fraction of sp³-hybridized carbons (Fsp3) is 0.895. The first kappa shape index (κ1) is 21.9. The topological polar surface area (TPSA) is 52.6 Å². The predicted molar refractivity (Wildman–Crippen MR) is 93.2 cm³/mol. The van der Waals surface area contributed by atoms with Crippen LogP contribution in [-0.4, -0.2) is 25.2 Å². The van der Waals surface area contributed by atoms with Gasteiger partial charge in [0.15, 0.2) is 0 Å². The maximum Gasteiger partial charge on any atom is 0.305 e. The van der Waals surface area contributed by atoms with E-state index in [0.717, 1.165) is 38.5 Å². The second kappa shape index (κ2) is 15.8. The van der Waals surface area contributed by atoms with Gasteiger partial charge in [0.25, 0.3) is 0 Å². The van der Waals surface area contributed by atoms with E-state index in [9.17, 15) is 9.59 Å². The minimum atomic E-state index is -0.125. The Morgan fingerprint density at radius 2 is 1.26 bits per heavy atom. The summed E-state index contributed by atoms with van der Waals surface area (Å²) in [5.41, 5.74) is 0. The van der Waals surface area contributed by atoms with E-state index in [1.165, 1.54) is 19.3 Å². The molecule has 0 aliphatic rings. The molecule has 0 bridgehead atoms. The summed E-state index contributed by atoms with van der Waals surface area (Å²) >= 11 is 0. The lowest BCUT2D eigenvalue weighted by Gasteiger charge is -2.07. The van der Waals surface area contributed by atoms with Gasteiger partial charge in [0, 0.05) is 12.8 Å². The number of hydrogen-bond donors (Lipinski definition) is 0. The number of rotatable bonds is 15. The van der Waals surface area contributed by atoms with Crippen molar-refractivity contribution in [2.24, 2.45) is 5.92 Å². The quantitative estimate of drug-likeness (QED) is 0.312. The molecule has 0 radical (unpaired) electrons. The van der Waals surface area contributed by atoms with Crippen molar-refractivity contribution < 1.29 is 19.1 Å². The van der Waals surface area contributed by atoms with E-state index in [1.54, 1.807) is 0 Å². The van der Waals surface area contributed by atoms with Gasteiger partial charge in [-0.15, -0.1) is 0 Å². The van der Waals surface area contributed by atoms with Crippen molar-refractivity contribution in [2.75, 3.05) is 13.2 Å². The summed E-state index contributed by atoms with van der Waals surface area (Å²) in [5, 5.41) is 0. The molecule has 0 spiro atoms. The average Bonchev–Trinajstić information content (AvgIpc) is 2.50. The molecule has 0 unspecified atom stereocenters. The zero-order valence-electron chi connectivity index (χ0n) is 15.4. The van der Waals surface area contributed by atoms with E-state index >= 15 is 0 Å². The van der Waals surface area contributed by atoms with Crippen LogP contribution in [0.2, 0.25) is 0 Å². The van der Waals surface area contributed by atoms with Crippen molar-refractivity contribution in [2.45, 2.75) is 91.4 Å². The van der Waals surface area contributed by atoms with Gasteiger partial charge in [-0.25, -0.2) is 0 Å². The minimum Gasteiger partial charge on any atom is -0.466 e. The molecule has 0 rings (SSSR count). The van der Waals surface area contributed by atoms with Gasteiger partial charge in [0.05, 0.1) is 13.2 Å². The normalized spacial score (nSPS) is 10.8. The van der Waals surface area contributed by atoms with Gasteiger partial charge in [0.2, 0.25) is 0 Å². The van der Waals surface area contributed by atoms with Gasteiger partial charge in [0.1, 0.15) is 0 Å². The number of hydrogen-bond acceptors (Lipinski definition) is 4. The van der Waals surface area contributed by atoms with Crippen molar-refractivity contribution in [1.82, 2.24) is 0 Å². The van der Waals surface area contributed by atoms with Gasteiger partial charge >= 0.3 is 11.9 Å². The first-order chi connectivity index (χ1) is 11.1. The Morgan fingerprint density at radius 1 is 0.739 bits per heavy atom. The lowest BCUT2D eigenvalue weighted by Crippen LogP contribution is -2.08. The van der Waals surface area contributed by atoms with Crippen LogP contribution in [0.5, 0.6) is 0 Å². The van der Waals surface area contributed by atoms with Gasteiger partial charge in [-0.2, -0.15) is 0 Å². The highest BCUT2D eigenvalue weighted by Crippen LogP contribution is 2.07. The van der Waals surface area contributed by atoms with E-state index < -0.39 is 0 Å². The van der Waals surface area contributed by atoms with E-state index in [4.69, 9.17) is 9.47 Å². The molecule has 23 heavy (non-hydrogen) atoms. The molecule has 4 nitrogen and oxygen atoms in total. The number of ether oxygens (including phenoxy) is 2. The molecule has 0 aliphatic carbocycles. The maximum absolute atomic E-state index is 11.5. The number of carbonyl (C=O) groups is 2. The van der Waals surface area contributed by atoms with Gasteiger partial charge in [-0.05, 0) is 31.6 Å². The third kappa shape index (κ3) is 17.1. The summed E-state index contributed by atoms with van der Waals surface area (Å²) in [6, 6.07) is 0. The van der Waals surface area contributed by atoms with Gasteiger partial charge < -0.3 is 9.47 Å². The summed E-state index contributed by atoms with van der Waals surface area (Å²) in [6.45, 7) is 7.47. The molecular formula is C19H36O4. The van der Waals surface area contributed by atoms with E-state index in [0.29, 0.717) is 32.0 Å². The molecule has 4 heteroatoms. The van der Waals surface area contributed by atoms with Crippen molar-refractivity contribution in [3.05, 3.63) is 0 Å². The van der Waals surface area contributed by atoms with Crippen LogP contribution in [-0.2, 0) is 19.1 Å². The largest absolute Gasteiger partial charge is 0.466 e. The zero-order valence-corrected chi connectivity index (χ0v) is 15.4. The van der Waals surface area contributed by atoms with E-state index in [-0.39, 0.29) is 11.9 Å². The molecule has 0 aromatic heterocycles. The van der Waals surface area contributed by atoms with Crippen LogP contribution in [0.3, 0.4) is 0 Å². The van der Waals surface area contributed by atoms with Crippen LogP contribution in [0.25, 0.3) is 0 Å². The highest BCUT2D eigenvalue weighted by Gasteiger charge is 2.05. The van der Waals surface area contributed by atoms with E-state index in [2.05, 4.69) is 20.8 Å². The number of carbonyl (C=O) groups excluding carboxylic acids is 2. The highest BCUT2D eigenvalue weighted by atomic mass is 16.5. The second-order valence-corrected chi connectivity index (χ2v) is 6.60. The third-order valence-corrected chi connectivity index (χ3v) is 3.73. The van der Waals surface area contributed by atoms with Crippen LogP contribution in [0.4, 0.5) is 0 Å². The molecule has 0 amide bonds. The fourth-order valence-corrected chi connectivity index (χ4v) is 2.16. The smallest absolute Gasteiger partial charge is 0.305 e. The SMILES string of the molecule is CCCCCCCOC(=O)CCCCCC(=O)OCCC(C)C. The molecule has 0 aromatic rings. The van der Waals surface area contributed by atoms with Gasteiger partial charge in [-0.1, -0.05) is 52.9 Å². The predicted octanol–water partition coefficient (Wildman–Crippen LogP) is 5.04. The van der Waals surface area contributed by atoms with Crippen LogP contribution in [0, 0.1) is 5.92 Å². The van der Waals surface area contributed by atoms with Crippen LogP contribution in [0.15, 0.2) is 0 Å². The van der Waals surface area contributed by atoms with Crippen molar-refractivity contribution in [1.29, 1.82) is 0 Å². The molecule has 0 saturated heterocycles. The second-order valence-electron chi connectivity index (χ2n) is 6.60. The van der Waals surface area contributed by atoms with Crippen molar-refractivity contribution in [3.63, 3.8) is 0 Å². The van der Waals surface area contributed by atoms with Gasteiger partial charge in [-0.3, -0.25) is 9.59 Å². The molecule has 136 valence electrons. The zero-order chi connectivity index (χ0) is 17.3. The molecule has 0 N–H and O–H groups in total. The minimum absolute atomic E-state index is 0.111. The molecule has 0 heterocycles. The molecule has 0 fully saturated rings. The standard InChI is InChI=1S/C19H36O4/c1-4-5-6-7-11-15-22-18(20)12-9-8-10-13-19(21)23-16-14-17(2)3/h17H,4-16H2,1-3H3. The maximum atomic E-state index is 11.5. The summed E-state index contributed by atoms with van der Waals surface area (Å²) in [4.78, 5) is 23.0. The Balaban J connectivity index is 3.33. The lowest BCUT2D eigenvalue weighted by atomic mass is 10.1. The first-order valence-corrected chi connectivity index (χ1v) is 9.37. The molecule has 0 atom stereocenters. The van der Waals surface area contributed by atoms with Crippen LogP contribution >= 0.6 is 0 Å². The Kier molecular flexibility index (Phi) is 15.1. The van der Waals surface area contributed by atoms with E-state index in [1.807, 2.05) is 0 Å². The molecule has 0 aliphatic heterocycles. The lowest BCUT2D eigenvalue weighted by molar-refractivity contribution is -0.144. The van der Waals surface area contributed by atoms with Crippen molar-refractivity contribution >= 4 is 11.9 Å². The highest BCUT2D eigenvalue weighted by molar-refractivity contribution is 5.69. The summed E-state index contributed by atoms with van der Waals surface area (Å²) < 4.78 is 10.3. The third-order valence-electron chi connectivity index (χ3n) is 3.73. The fourth-order valence-electron chi connectivity index (χ4n) is 2.16. The molecule has 0 aromatic carbocycles. The summed E-state index contributed by atoms with van der Waals surface area (Å²) in [5.74, 6) is 0.320. The Morgan fingerprint density at radius 3 is 1.83 bits per heavy atom. The first-order valence-electron chi connectivity index (χ1n) is 9.37. The monoisotopic (exact) mass is 328 g/mol. The Labute approximate surface area is 142 Å². The Hall–Kier alpha value is -1.06. The van der Waals surface area contributed by atoms with Crippen LogP contribution in [0.1, 0.15) is 91.4 Å². The summed E-state index contributed by atoms with van der Waals surface area (Å²) in [6.07, 6.45) is 10.1. The summed E-state index contributed by atoms with van der Waals surface area (Å²) in [7, 11) is 0. The number of unbranched alkanes of at least 4 members (excludes halogenated alkanes) is 6. The average molecular weight is 328 g/mol.